The van der Waals surface area contributed by atoms with Crippen LogP contribution in [0.4, 0.5) is 5.69 Å². The first-order chi connectivity index (χ1) is 9.29. The molecule has 0 saturated heterocycles. The number of anilines is 1. The number of nitrogens with one attached hydrogen (secondary N) is 1. The molecule has 0 aliphatic carbocycles. The molecule has 1 amide bonds. The Bertz CT molecular complexity index is 465. The first-order valence-electron chi connectivity index (χ1n) is 6.75. The zero-order valence-corrected chi connectivity index (χ0v) is 11.3. The number of allylic oxidation sites excluding steroid dienone is 2. The van der Waals surface area contributed by atoms with Gasteiger partial charge in [0.15, 0.2) is 0 Å². The van der Waals surface area contributed by atoms with Crippen molar-refractivity contribution in [3.8, 4) is 0 Å². The minimum absolute atomic E-state index is 0.0743. The van der Waals surface area contributed by atoms with E-state index < -0.39 is 0 Å². The number of nitrogens with zero attached hydrogens (tertiary/aromatic N) is 1. The Hall–Kier alpha value is -2.03. The predicted octanol–water partition coefficient (Wildman–Crippen LogP) is 3.18. The molecular formula is C16H20N2O. The van der Waals surface area contributed by atoms with Gasteiger partial charge < -0.3 is 10.2 Å². The Morgan fingerprint density at radius 1 is 1.26 bits per heavy atom. The number of carbonyl (C=O) groups is 1. The minimum atomic E-state index is 0.0743. The number of rotatable bonds is 5. The Morgan fingerprint density at radius 2 is 2.05 bits per heavy atom. The molecule has 0 spiro atoms. The molecule has 0 fully saturated rings. The van der Waals surface area contributed by atoms with E-state index in [1.807, 2.05) is 42.5 Å². The summed E-state index contributed by atoms with van der Waals surface area (Å²) in [4.78, 5) is 14.1. The summed E-state index contributed by atoms with van der Waals surface area (Å²) in [7, 11) is 0. The molecule has 1 aromatic rings. The summed E-state index contributed by atoms with van der Waals surface area (Å²) in [6.07, 6.45) is 9.69. The van der Waals surface area contributed by atoms with Crippen molar-refractivity contribution in [3.63, 3.8) is 0 Å². The van der Waals surface area contributed by atoms with Gasteiger partial charge in [-0.2, -0.15) is 0 Å². The molecule has 1 aromatic carbocycles. The monoisotopic (exact) mass is 256 g/mol. The van der Waals surface area contributed by atoms with Crippen LogP contribution >= 0.6 is 0 Å². The third kappa shape index (κ3) is 3.98. The average molecular weight is 256 g/mol. The summed E-state index contributed by atoms with van der Waals surface area (Å²) in [5, 5.41) is 2.91. The van der Waals surface area contributed by atoms with Gasteiger partial charge in [0, 0.05) is 24.7 Å². The highest BCUT2D eigenvalue weighted by atomic mass is 16.1. The van der Waals surface area contributed by atoms with E-state index in [1.54, 1.807) is 0 Å². The van der Waals surface area contributed by atoms with Crippen molar-refractivity contribution >= 4 is 11.6 Å². The van der Waals surface area contributed by atoms with Crippen molar-refractivity contribution in [3.05, 3.63) is 54.8 Å². The molecule has 0 radical (unpaired) electrons. The van der Waals surface area contributed by atoms with Gasteiger partial charge in [0.1, 0.15) is 0 Å². The second kappa shape index (κ2) is 6.78. The maximum Gasteiger partial charge on any atom is 0.224 e. The third-order valence-electron chi connectivity index (χ3n) is 3.24. The largest absolute Gasteiger partial charge is 0.371 e. The molecule has 19 heavy (non-hydrogen) atoms. The summed E-state index contributed by atoms with van der Waals surface area (Å²) >= 11 is 0. The molecule has 1 aliphatic heterocycles. The molecule has 2 rings (SSSR count). The van der Waals surface area contributed by atoms with Gasteiger partial charge in [-0.15, -0.1) is 0 Å². The van der Waals surface area contributed by atoms with Gasteiger partial charge in [0.25, 0.3) is 0 Å². The van der Waals surface area contributed by atoms with Crippen molar-refractivity contribution in [2.75, 3.05) is 11.9 Å². The summed E-state index contributed by atoms with van der Waals surface area (Å²) in [5.74, 6) is 0.0743. The molecule has 0 aromatic heterocycles. The van der Waals surface area contributed by atoms with Crippen molar-refractivity contribution < 1.29 is 4.79 Å². The summed E-state index contributed by atoms with van der Waals surface area (Å²) in [6.45, 7) is 3.09. The summed E-state index contributed by atoms with van der Waals surface area (Å²) < 4.78 is 0. The molecule has 3 nitrogen and oxygen atoms in total. The fraction of sp³-hybridized carbons (Fsp3) is 0.312. The van der Waals surface area contributed by atoms with Crippen molar-refractivity contribution in [1.82, 2.24) is 4.90 Å². The predicted molar refractivity (Wildman–Crippen MR) is 78.8 cm³/mol. The highest BCUT2D eigenvalue weighted by Crippen LogP contribution is 2.14. The lowest BCUT2D eigenvalue weighted by molar-refractivity contribution is -0.116. The number of amides is 1. The third-order valence-corrected chi connectivity index (χ3v) is 3.24. The maximum absolute atomic E-state index is 11.9. The van der Waals surface area contributed by atoms with E-state index in [4.69, 9.17) is 0 Å². The first kappa shape index (κ1) is 13.4. The second-order valence-corrected chi connectivity index (χ2v) is 4.58. The summed E-state index contributed by atoms with van der Waals surface area (Å²) in [6, 6.07) is 9.91. The van der Waals surface area contributed by atoms with Crippen LogP contribution in [0.1, 0.15) is 19.8 Å². The van der Waals surface area contributed by atoms with Gasteiger partial charge in [-0.3, -0.25) is 4.79 Å². The normalized spacial score (nSPS) is 17.5. The van der Waals surface area contributed by atoms with E-state index in [0.29, 0.717) is 12.5 Å². The van der Waals surface area contributed by atoms with Crippen molar-refractivity contribution in [2.24, 2.45) is 0 Å². The fourth-order valence-corrected chi connectivity index (χ4v) is 2.20. The lowest BCUT2D eigenvalue weighted by Crippen LogP contribution is -2.31. The Morgan fingerprint density at radius 3 is 2.79 bits per heavy atom. The van der Waals surface area contributed by atoms with E-state index >= 15 is 0 Å². The lowest BCUT2D eigenvalue weighted by Gasteiger charge is -2.29. The van der Waals surface area contributed by atoms with Crippen molar-refractivity contribution in [1.29, 1.82) is 0 Å². The van der Waals surface area contributed by atoms with Crippen LogP contribution < -0.4 is 5.32 Å². The van der Waals surface area contributed by atoms with Gasteiger partial charge >= 0.3 is 0 Å². The number of hydrogen-bond donors (Lipinski definition) is 1. The Balaban J connectivity index is 1.80. The van der Waals surface area contributed by atoms with Crippen LogP contribution in [0.15, 0.2) is 54.8 Å². The van der Waals surface area contributed by atoms with Crippen LogP contribution in [0.2, 0.25) is 0 Å². The van der Waals surface area contributed by atoms with Crippen LogP contribution in [-0.2, 0) is 4.79 Å². The molecule has 100 valence electrons. The molecular weight excluding hydrogens is 236 g/mol. The van der Waals surface area contributed by atoms with Crippen LogP contribution in [0.25, 0.3) is 0 Å². The fourth-order valence-electron chi connectivity index (χ4n) is 2.20. The smallest absolute Gasteiger partial charge is 0.224 e. The van der Waals surface area contributed by atoms with E-state index in [0.717, 1.165) is 18.7 Å². The molecule has 1 atom stereocenters. The maximum atomic E-state index is 11.9. The zero-order chi connectivity index (χ0) is 13.5. The quantitative estimate of drug-likeness (QED) is 0.877. The number of benzene rings is 1. The molecule has 0 bridgehead atoms. The average Bonchev–Trinajstić information content (AvgIpc) is 2.46. The Labute approximate surface area is 114 Å². The van der Waals surface area contributed by atoms with E-state index in [1.165, 1.54) is 0 Å². The van der Waals surface area contributed by atoms with Crippen LogP contribution in [0.3, 0.4) is 0 Å². The van der Waals surface area contributed by atoms with Gasteiger partial charge in [-0.05, 0) is 37.8 Å². The van der Waals surface area contributed by atoms with Crippen LogP contribution in [0, 0.1) is 0 Å². The van der Waals surface area contributed by atoms with Crippen LogP contribution in [0.5, 0.6) is 0 Å². The SMILES string of the molecule is CCN1C=CC=CC1CCC(=O)Nc1ccccc1. The topological polar surface area (TPSA) is 32.3 Å². The first-order valence-corrected chi connectivity index (χ1v) is 6.75. The minimum Gasteiger partial charge on any atom is -0.371 e. The molecule has 3 heteroatoms. The number of hydrogen-bond acceptors (Lipinski definition) is 2. The summed E-state index contributed by atoms with van der Waals surface area (Å²) in [5.41, 5.74) is 0.860. The van der Waals surface area contributed by atoms with Gasteiger partial charge in [0.2, 0.25) is 5.91 Å². The van der Waals surface area contributed by atoms with Crippen molar-refractivity contribution in [2.45, 2.75) is 25.8 Å². The highest BCUT2D eigenvalue weighted by molar-refractivity contribution is 5.90. The van der Waals surface area contributed by atoms with E-state index in [-0.39, 0.29) is 5.91 Å². The lowest BCUT2D eigenvalue weighted by atomic mass is 10.1. The molecule has 1 heterocycles. The Kier molecular flexibility index (Phi) is 4.78. The highest BCUT2D eigenvalue weighted by Gasteiger charge is 2.14. The number of para-hydroxylation sites is 1. The molecule has 1 aliphatic rings. The molecule has 0 saturated carbocycles. The number of carbonyl (C=O) groups excluding carboxylic acids is 1. The van der Waals surface area contributed by atoms with Gasteiger partial charge in [0.05, 0.1) is 0 Å². The van der Waals surface area contributed by atoms with E-state index in [9.17, 15) is 4.79 Å². The molecule has 1 unspecified atom stereocenters. The number of likely N-dealkylation sites (N-methyl/N-ethyl adjacent to an activating group) is 1. The van der Waals surface area contributed by atoms with Gasteiger partial charge in [-0.25, -0.2) is 0 Å². The van der Waals surface area contributed by atoms with Crippen LogP contribution in [-0.4, -0.2) is 23.4 Å². The zero-order valence-electron chi connectivity index (χ0n) is 11.3. The second-order valence-electron chi connectivity index (χ2n) is 4.58. The van der Waals surface area contributed by atoms with Gasteiger partial charge in [-0.1, -0.05) is 30.4 Å². The standard InChI is InChI=1S/C16H20N2O/c1-2-18-13-7-6-10-15(18)11-12-16(19)17-14-8-4-3-5-9-14/h3-10,13,15H,2,11-12H2,1H3,(H,17,19). The molecule has 1 N–H and O–H groups in total. The van der Waals surface area contributed by atoms with E-state index in [2.05, 4.69) is 29.4 Å².